The van der Waals surface area contributed by atoms with Gasteiger partial charge < -0.3 is 15.5 Å². The average Bonchev–Trinajstić information content (AvgIpc) is 2.45. The van der Waals surface area contributed by atoms with Gasteiger partial charge in [-0.1, -0.05) is 44.2 Å². The van der Waals surface area contributed by atoms with Gasteiger partial charge in [0.15, 0.2) is 0 Å². The molecule has 0 aliphatic rings. The monoisotopic (exact) mass is 277 g/mol. The molecule has 2 N–H and O–H groups in total. The molecule has 1 atom stereocenters. The molecule has 0 aromatic heterocycles. The number of hydrogen-bond donors (Lipinski definition) is 1. The molecule has 1 unspecified atom stereocenters. The highest BCUT2D eigenvalue weighted by Gasteiger charge is 2.27. The summed E-state index contributed by atoms with van der Waals surface area (Å²) in [5.74, 6) is 0. The lowest BCUT2D eigenvalue weighted by atomic mass is 9.82. The van der Waals surface area contributed by atoms with Gasteiger partial charge in [-0.15, -0.1) is 0 Å². The zero-order valence-electron chi connectivity index (χ0n) is 13.6. The summed E-state index contributed by atoms with van der Waals surface area (Å²) in [5.41, 5.74) is 7.47. The third-order valence-electron chi connectivity index (χ3n) is 3.90. The molecule has 1 rings (SSSR count). The van der Waals surface area contributed by atoms with E-state index < -0.39 is 0 Å². The third-order valence-corrected chi connectivity index (χ3v) is 3.90. The van der Waals surface area contributed by atoms with Crippen LogP contribution in [-0.2, 0) is 5.41 Å². The minimum atomic E-state index is 0.0305. The van der Waals surface area contributed by atoms with Gasteiger partial charge in [0.1, 0.15) is 0 Å². The Morgan fingerprint density at radius 2 is 1.70 bits per heavy atom. The Kier molecular flexibility index (Phi) is 7.20. The fourth-order valence-electron chi connectivity index (χ4n) is 2.54. The van der Waals surface area contributed by atoms with Crippen molar-refractivity contribution in [3.8, 4) is 0 Å². The van der Waals surface area contributed by atoms with Gasteiger partial charge in [0.05, 0.1) is 0 Å². The number of hydrogen-bond acceptors (Lipinski definition) is 3. The van der Waals surface area contributed by atoms with E-state index in [1.807, 2.05) is 0 Å². The molecule has 1 aromatic carbocycles. The van der Waals surface area contributed by atoms with Gasteiger partial charge in [0.2, 0.25) is 0 Å². The highest BCUT2D eigenvalue weighted by atomic mass is 15.2. The SMILES string of the molecule is CCCN(CCN(C)C)CC(C)(CN)c1ccccc1. The van der Waals surface area contributed by atoms with Crippen LogP contribution in [0.3, 0.4) is 0 Å². The Morgan fingerprint density at radius 3 is 2.20 bits per heavy atom. The van der Waals surface area contributed by atoms with Crippen LogP contribution < -0.4 is 5.73 Å². The van der Waals surface area contributed by atoms with E-state index in [-0.39, 0.29) is 5.41 Å². The van der Waals surface area contributed by atoms with Gasteiger partial charge in [0, 0.05) is 31.6 Å². The molecule has 3 heteroatoms. The third kappa shape index (κ3) is 5.23. The first-order valence-corrected chi connectivity index (χ1v) is 7.64. The topological polar surface area (TPSA) is 32.5 Å². The van der Waals surface area contributed by atoms with E-state index in [1.165, 1.54) is 12.0 Å². The van der Waals surface area contributed by atoms with E-state index in [4.69, 9.17) is 5.73 Å². The Morgan fingerprint density at radius 1 is 1.05 bits per heavy atom. The molecule has 0 spiro atoms. The first-order chi connectivity index (χ1) is 9.51. The van der Waals surface area contributed by atoms with Gasteiger partial charge in [-0.2, -0.15) is 0 Å². The molecule has 0 heterocycles. The molecule has 0 aliphatic heterocycles. The van der Waals surface area contributed by atoms with Gasteiger partial charge in [-0.05, 0) is 32.6 Å². The van der Waals surface area contributed by atoms with Crippen LogP contribution in [0.4, 0.5) is 0 Å². The predicted octanol–water partition coefficient (Wildman–Crippen LogP) is 2.18. The molecule has 0 amide bonds. The summed E-state index contributed by atoms with van der Waals surface area (Å²) in [6, 6.07) is 10.7. The van der Waals surface area contributed by atoms with Crippen molar-refractivity contribution in [1.82, 2.24) is 9.80 Å². The van der Waals surface area contributed by atoms with Gasteiger partial charge in [-0.25, -0.2) is 0 Å². The fourth-order valence-corrected chi connectivity index (χ4v) is 2.54. The van der Waals surface area contributed by atoms with E-state index >= 15 is 0 Å². The van der Waals surface area contributed by atoms with E-state index in [2.05, 4.69) is 68.1 Å². The second kappa shape index (κ2) is 8.40. The molecular formula is C17H31N3. The summed E-state index contributed by atoms with van der Waals surface area (Å²) in [4.78, 5) is 4.78. The normalized spacial score (nSPS) is 14.8. The van der Waals surface area contributed by atoms with Crippen molar-refractivity contribution in [3.05, 3.63) is 35.9 Å². The van der Waals surface area contributed by atoms with Crippen molar-refractivity contribution in [2.45, 2.75) is 25.7 Å². The van der Waals surface area contributed by atoms with E-state index in [9.17, 15) is 0 Å². The Hall–Kier alpha value is -0.900. The van der Waals surface area contributed by atoms with Crippen LogP contribution in [0, 0.1) is 0 Å². The maximum Gasteiger partial charge on any atom is 0.0174 e. The summed E-state index contributed by atoms with van der Waals surface area (Å²) in [5, 5.41) is 0. The molecular weight excluding hydrogens is 246 g/mol. The van der Waals surface area contributed by atoms with Crippen LogP contribution >= 0.6 is 0 Å². The van der Waals surface area contributed by atoms with Crippen LogP contribution in [0.25, 0.3) is 0 Å². The average molecular weight is 277 g/mol. The minimum Gasteiger partial charge on any atom is -0.330 e. The lowest BCUT2D eigenvalue weighted by Gasteiger charge is -2.35. The van der Waals surface area contributed by atoms with E-state index in [0.717, 1.165) is 26.2 Å². The summed E-state index contributed by atoms with van der Waals surface area (Å²) >= 11 is 0. The first-order valence-electron chi connectivity index (χ1n) is 7.64. The van der Waals surface area contributed by atoms with Crippen molar-refractivity contribution < 1.29 is 0 Å². The maximum atomic E-state index is 6.10. The van der Waals surface area contributed by atoms with Crippen LogP contribution in [0.2, 0.25) is 0 Å². The summed E-state index contributed by atoms with van der Waals surface area (Å²) in [6.45, 7) is 9.55. The number of likely N-dealkylation sites (N-methyl/N-ethyl adjacent to an activating group) is 1. The predicted molar refractivity (Wildman–Crippen MR) is 88.1 cm³/mol. The molecule has 114 valence electrons. The number of nitrogens with two attached hydrogens (primary N) is 1. The quantitative estimate of drug-likeness (QED) is 0.751. The highest BCUT2D eigenvalue weighted by Crippen LogP contribution is 2.23. The van der Waals surface area contributed by atoms with Crippen molar-refractivity contribution in [2.75, 3.05) is 46.8 Å². The van der Waals surface area contributed by atoms with Crippen LogP contribution in [-0.4, -0.2) is 56.6 Å². The second-order valence-electron chi connectivity index (χ2n) is 6.21. The van der Waals surface area contributed by atoms with Crippen molar-refractivity contribution in [3.63, 3.8) is 0 Å². The smallest absolute Gasteiger partial charge is 0.0174 e. The molecule has 20 heavy (non-hydrogen) atoms. The van der Waals surface area contributed by atoms with Gasteiger partial charge in [0.25, 0.3) is 0 Å². The zero-order valence-corrected chi connectivity index (χ0v) is 13.6. The molecule has 3 nitrogen and oxygen atoms in total. The summed E-state index contributed by atoms with van der Waals surface area (Å²) in [6.07, 6.45) is 1.18. The van der Waals surface area contributed by atoms with Gasteiger partial charge in [-0.3, -0.25) is 0 Å². The first kappa shape index (κ1) is 17.2. The molecule has 0 bridgehead atoms. The van der Waals surface area contributed by atoms with Crippen molar-refractivity contribution in [2.24, 2.45) is 5.73 Å². The maximum absolute atomic E-state index is 6.10. The zero-order chi connectivity index (χ0) is 15.0. The minimum absolute atomic E-state index is 0.0305. The van der Waals surface area contributed by atoms with E-state index in [1.54, 1.807) is 0 Å². The Bertz CT molecular complexity index is 364. The number of rotatable bonds is 9. The number of nitrogens with zero attached hydrogens (tertiary/aromatic N) is 2. The van der Waals surface area contributed by atoms with Crippen molar-refractivity contribution >= 4 is 0 Å². The van der Waals surface area contributed by atoms with Gasteiger partial charge >= 0.3 is 0 Å². The Balaban J connectivity index is 2.76. The largest absolute Gasteiger partial charge is 0.330 e. The Labute approximate surface area is 124 Å². The lowest BCUT2D eigenvalue weighted by molar-refractivity contribution is 0.198. The standard InChI is InChI=1S/C17H31N3/c1-5-11-20(13-12-19(3)4)15-17(2,14-18)16-9-7-6-8-10-16/h6-10H,5,11-15,18H2,1-4H3. The van der Waals surface area contributed by atoms with Crippen LogP contribution in [0.5, 0.6) is 0 Å². The van der Waals surface area contributed by atoms with Crippen LogP contribution in [0.15, 0.2) is 30.3 Å². The summed E-state index contributed by atoms with van der Waals surface area (Å²) < 4.78 is 0. The summed E-state index contributed by atoms with van der Waals surface area (Å²) in [7, 11) is 4.26. The molecule has 0 fully saturated rings. The molecule has 0 saturated carbocycles. The molecule has 0 aliphatic carbocycles. The van der Waals surface area contributed by atoms with Crippen LogP contribution in [0.1, 0.15) is 25.8 Å². The molecule has 1 aromatic rings. The van der Waals surface area contributed by atoms with Crippen molar-refractivity contribution in [1.29, 1.82) is 0 Å². The fraction of sp³-hybridized carbons (Fsp3) is 0.647. The molecule has 0 saturated heterocycles. The van der Waals surface area contributed by atoms with E-state index in [0.29, 0.717) is 6.54 Å². The highest BCUT2D eigenvalue weighted by molar-refractivity contribution is 5.25. The lowest BCUT2D eigenvalue weighted by Crippen LogP contribution is -2.46. The number of benzene rings is 1. The molecule has 0 radical (unpaired) electrons. The second-order valence-corrected chi connectivity index (χ2v) is 6.21.